The average molecular weight is 1190 g/mol. The van der Waals surface area contributed by atoms with E-state index in [2.05, 4.69) is 35.7 Å². The highest BCUT2D eigenvalue weighted by atomic mass is 32.5. The van der Waals surface area contributed by atoms with Crippen LogP contribution in [0.1, 0.15) is 163 Å². The second-order valence-corrected chi connectivity index (χ2v) is 30.8. The first-order valence-electron chi connectivity index (χ1n) is 26.2. The minimum atomic E-state index is -4.50. The SMILES string of the molecule is CC(C)(C)C[C@H]1O[C@@H](n2ccc(N)nc2=O)[C@@H](O)C1OC(C)(C)C.CC(C)(C)C[C@H]1O[C@@H](n2ccc(N)nc2=O)[C@@H](O)C1OP(=O)(O)OC(C)(C)C.CC(C)(C)C[C@H]1O[C@@H](n2ccc(N)nc2=O)[C@@H](O)C1OP(O)(=S)OC(C)(C)C. The number of aromatic nitrogens is 6. The molecule has 0 spiro atoms. The summed E-state index contributed by atoms with van der Waals surface area (Å²) in [5.41, 5.74) is 12.1. The van der Waals surface area contributed by atoms with Crippen LogP contribution < -0.4 is 34.3 Å². The van der Waals surface area contributed by atoms with Crippen molar-refractivity contribution in [3.8, 4) is 0 Å². The number of phosphoric ester groups is 1. The highest BCUT2D eigenvalue weighted by Crippen LogP contribution is 2.54. The minimum absolute atomic E-state index is 0.0108. The van der Waals surface area contributed by atoms with Crippen molar-refractivity contribution in [3.05, 3.63) is 68.2 Å². The summed E-state index contributed by atoms with van der Waals surface area (Å²) in [5, 5.41) is 32.4. The zero-order valence-corrected chi connectivity index (χ0v) is 52.0. The van der Waals surface area contributed by atoms with Crippen LogP contribution >= 0.6 is 14.5 Å². The molecule has 11 N–H and O–H groups in total. The Morgan fingerprint density at radius 1 is 0.512 bits per heavy atom. The van der Waals surface area contributed by atoms with Gasteiger partial charge in [-0.15, -0.1) is 0 Å². The maximum atomic E-state index is 12.4. The lowest BCUT2D eigenvalue weighted by molar-refractivity contribution is -0.117. The third-order valence-electron chi connectivity index (χ3n) is 11.5. The van der Waals surface area contributed by atoms with Crippen molar-refractivity contribution in [1.29, 1.82) is 0 Å². The van der Waals surface area contributed by atoms with Gasteiger partial charge in [0, 0.05) is 18.6 Å². The lowest BCUT2D eigenvalue weighted by atomic mass is 9.87. The van der Waals surface area contributed by atoms with E-state index in [-0.39, 0.29) is 39.8 Å². The average Bonchev–Trinajstić information content (AvgIpc) is 3.78. The van der Waals surface area contributed by atoms with Crippen LogP contribution in [0, 0.1) is 16.2 Å². The molecule has 456 valence electrons. The van der Waals surface area contributed by atoms with Crippen LogP contribution in [0.15, 0.2) is 51.2 Å². The van der Waals surface area contributed by atoms with Crippen LogP contribution in [-0.2, 0) is 53.4 Å². The summed E-state index contributed by atoms with van der Waals surface area (Å²) in [6, 6.07) is 4.34. The number of ether oxygens (including phenoxy) is 4. The molecule has 14 atom stereocenters. The van der Waals surface area contributed by atoms with Gasteiger partial charge in [0.25, 0.3) is 0 Å². The Bertz CT molecular complexity index is 2700. The molecule has 29 heteroatoms. The number of nitrogen functional groups attached to an aromatic ring is 3. The molecule has 3 aromatic rings. The van der Waals surface area contributed by atoms with Crippen molar-refractivity contribution < 1.29 is 66.7 Å². The van der Waals surface area contributed by atoms with E-state index in [1.807, 2.05) is 62.3 Å². The van der Waals surface area contributed by atoms with Crippen molar-refractivity contribution in [2.45, 2.75) is 234 Å². The molecule has 0 aromatic carbocycles. The number of hydrogen-bond donors (Lipinski definition) is 8. The van der Waals surface area contributed by atoms with Gasteiger partial charge in [-0.05, 0) is 128 Å². The van der Waals surface area contributed by atoms with Gasteiger partial charge in [-0.3, -0.25) is 27.3 Å². The number of phosphoric acid groups is 1. The van der Waals surface area contributed by atoms with Gasteiger partial charge in [0.05, 0.1) is 35.1 Å². The van der Waals surface area contributed by atoms with Gasteiger partial charge < -0.3 is 65.8 Å². The van der Waals surface area contributed by atoms with E-state index in [0.29, 0.717) is 19.3 Å². The van der Waals surface area contributed by atoms with E-state index in [0.717, 1.165) is 9.13 Å². The predicted molar refractivity (Wildman–Crippen MR) is 303 cm³/mol. The molecule has 0 bridgehead atoms. The summed E-state index contributed by atoms with van der Waals surface area (Å²) < 4.78 is 61.4. The van der Waals surface area contributed by atoms with Crippen molar-refractivity contribution >= 4 is 43.8 Å². The normalized spacial score (nSPS) is 28.3. The second kappa shape index (κ2) is 25.7. The van der Waals surface area contributed by atoms with Gasteiger partial charge in [-0.2, -0.15) is 15.0 Å². The Hall–Kier alpha value is -3.60. The largest absolute Gasteiger partial charge is 0.473 e. The maximum Gasteiger partial charge on any atom is 0.473 e. The fourth-order valence-electron chi connectivity index (χ4n) is 8.87. The summed E-state index contributed by atoms with van der Waals surface area (Å²) >= 11 is 5.13. The molecule has 6 heterocycles. The van der Waals surface area contributed by atoms with E-state index < -0.39 is 116 Å². The summed E-state index contributed by atoms with van der Waals surface area (Å²) in [6.45, 7) is 30.3. The zero-order chi connectivity index (χ0) is 61.3. The second-order valence-electron chi connectivity index (χ2n) is 26.8. The van der Waals surface area contributed by atoms with Gasteiger partial charge in [0.1, 0.15) is 54.1 Å². The Morgan fingerprint density at radius 3 is 1.07 bits per heavy atom. The lowest BCUT2D eigenvalue weighted by Crippen LogP contribution is -2.42. The number of nitrogens with zero attached hydrogens (tertiary/aromatic N) is 6. The zero-order valence-electron chi connectivity index (χ0n) is 49.4. The quantitative estimate of drug-likeness (QED) is 0.0984. The fourth-order valence-corrected chi connectivity index (χ4v) is 12.4. The number of anilines is 3. The van der Waals surface area contributed by atoms with Crippen LogP contribution in [0.5, 0.6) is 0 Å². The molecule has 3 fully saturated rings. The number of hydrogen-bond acceptors (Lipinski definition) is 22. The number of aliphatic hydroxyl groups is 3. The first-order chi connectivity index (χ1) is 36.0. The highest BCUT2D eigenvalue weighted by molar-refractivity contribution is 8.07. The third-order valence-corrected chi connectivity index (χ3v) is 14.6. The Labute approximate surface area is 473 Å². The predicted octanol–water partition coefficient (Wildman–Crippen LogP) is 5.46. The summed E-state index contributed by atoms with van der Waals surface area (Å²) in [6.07, 6.45) is -5.26. The molecule has 80 heavy (non-hydrogen) atoms. The molecule has 26 nitrogen and oxygen atoms in total. The monoisotopic (exact) mass is 1190 g/mol. The topological polar surface area (TPSA) is 375 Å². The van der Waals surface area contributed by atoms with Gasteiger partial charge >= 0.3 is 31.6 Å². The van der Waals surface area contributed by atoms with Crippen molar-refractivity contribution in [2.24, 2.45) is 16.2 Å². The van der Waals surface area contributed by atoms with Crippen LogP contribution in [-0.4, -0.2) is 125 Å². The summed E-state index contributed by atoms with van der Waals surface area (Å²) in [7, 11) is -4.50. The molecular weight excluding hydrogens is 1100 g/mol. The molecule has 3 saturated heterocycles. The first kappa shape index (κ1) is 68.9. The van der Waals surface area contributed by atoms with E-state index in [4.69, 9.17) is 66.1 Å². The van der Waals surface area contributed by atoms with Gasteiger partial charge in [-0.25, -0.2) is 18.9 Å². The molecule has 6 rings (SSSR count). The number of aliphatic hydroxyl groups excluding tert-OH is 3. The maximum absolute atomic E-state index is 12.4. The van der Waals surface area contributed by atoms with E-state index in [9.17, 15) is 44.1 Å². The third kappa shape index (κ3) is 21.2. The molecule has 0 aliphatic carbocycles. The van der Waals surface area contributed by atoms with Crippen molar-refractivity contribution in [1.82, 2.24) is 28.7 Å². The first-order valence-corrected chi connectivity index (χ1v) is 30.3. The smallest absolute Gasteiger partial charge is 0.386 e. The van der Waals surface area contributed by atoms with Crippen molar-refractivity contribution in [3.63, 3.8) is 0 Å². The minimum Gasteiger partial charge on any atom is -0.386 e. The van der Waals surface area contributed by atoms with Crippen LogP contribution in [0.2, 0.25) is 0 Å². The van der Waals surface area contributed by atoms with Crippen LogP contribution in [0.4, 0.5) is 17.5 Å². The van der Waals surface area contributed by atoms with Gasteiger partial charge in [0.15, 0.2) is 18.7 Å². The van der Waals surface area contributed by atoms with E-state index >= 15 is 0 Å². The molecule has 3 aromatic heterocycles. The Balaban J connectivity index is 0.000000259. The molecule has 5 unspecified atom stereocenters. The molecule has 0 radical (unpaired) electrons. The van der Waals surface area contributed by atoms with Gasteiger partial charge in [-0.1, -0.05) is 62.3 Å². The lowest BCUT2D eigenvalue weighted by Gasteiger charge is -2.32. The molecular formula is C51H89N9O17P2S. The van der Waals surface area contributed by atoms with E-state index in [1.54, 1.807) is 41.5 Å². The number of nitrogens with two attached hydrogens (primary N) is 3. The van der Waals surface area contributed by atoms with E-state index in [1.165, 1.54) is 41.4 Å². The summed E-state index contributed by atoms with van der Waals surface area (Å²) in [5.74, 6) is 0.237. The fraction of sp³-hybridized carbons (Fsp3) is 0.765. The van der Waals surface area contributed by atoms with Gasteiger partial charge in [0.2, 0.25) is 0 Å². The Kier molecular flexibility index (Phi) is 22.1. The number of rotatable bonds is 13. The van der Waals surface area contributed by atoms with Crippen molar-refractivity contribution in [2.75, 3.05) is 17.2 Å². The Morgan fingerprint density at radius 2 is 0.800 bits per heavy atom. The molecule has 3 aliphatic heterocycles. The standard InChI is InChI=1S/C17H30N3O7P.C17H30N3O6PS.C17H29N3O4/c1-16(2,3)9-10-13(26-28(23,24)27-17(4,5)6)12(21)14(25-10)20-8-7-11(18)19-15(20)22;1-16(2,3)9-10-13(25-27(23,28)26-17(4,5)6)12(21)14(24-10)20-8-7-11(18)19-15(20)22;1-16(2,3)9-10-13(24-17(4,5)6)12(21)14(23-10)20-8-7-11(18)19-15(20)22/h7-8,10,12-14,21H,9H2,1-6H3,(H,23,24)(H2,18,19,22);7-8,10,12-14,21H,9H2,1-6H3,(H,23,28)(H2,18,19,22);7-8,10,12-14,21H,9H2,1-6H3,(H2,18,19,22)/t10-,12+,13?,14-;10-,12+,13?,14-,27?;10-,12+,13?,14-/m111/s1. The van der Waals surface area contributed by atoms with Crippen LogP contribution in [0.25, 0.3) is 0 Å². The molecule has 0 saturated carbocycles. The highest BCUT2D eigenvalue weighted by Gasteiger charge is 2.52. The summed E-state index contributed by atoms with van der Waals surface area (Å²) in [4.78, 5) is 68.1. The molecule has 0 amide bonds. The molecule has 3 aliphatic rings. The van der Waals surface area contributed by atoms with Crippen LogP contribution in [0.3, 0.4) is 0 Å².